The normalized spacial score (nSPS) is 17.6. The molecular formula is C17H28N2O2S. The van der Waals surface area contributed by atoms with Crippen LogP contribution in [-0.2, 0) is 16.3 Å². The molecule has 22 heavy (non-hydrogen) atoms. The van der Waals surface area contributed by atoms with E-state index in [4.69, 9.17) is 0 Å². The van der Waals surface area contributed by atoms with Crippen molar-refractivity contribution in [2.24, 2.45) is 0 Å². The molecule has 0 unspecified atom stereocenters. The molecule has 0 spiro atoms. The number of benzene rings is 1. The molecule has 1 N–H and O–H groups in total. The average molecular weight is 324 g/mol. The highest BCUT2D eigenvalue weighted by Gasteiger charge is 2.18. The molecule has 124 valence electrons. The van der Waals surface area contributed by atoms with Gasteiger partial charge in [0.25, 0.3) is 0 Å². The molecule has 1 saturated heterocycles. The molecule has 5 heteroatoms. The minimum absolute atomic E-state index is 0.366. The van der Waals surface area contributed by atoms with E-state index in [9.17, 15) is 8.42 Å². The molecule has 0 radical (unpaired) electrons. The molecule has 1 aliphatic rings. The summed E-state index contributed by atoms with van der Waals surface area (Å²) in [4.78, 5) is 2.95. The molecule has 1 aromatic carbocycles. The lowest BCUT2D eigenvalue weighted by Crippen LogP contribution is -2.29. The molecule has 0 amide bonds. The van der Waals surface area contributed by atoms with E-state index in [1.165, 1.54) is 18.5 Å². The van der Waals surface area contributed by atoms with Gasteiger partial charge in [0.15, 0.2) is 9.84 Å². The summed E-state index contributed by atoms with van der Waals surface area (Å²) >= 11 is 0. The largest absolute Gasteiger partial charge is 0.315 e. The number of nitrogens with one attached hydrogen (secondary N) is 1. The lowest BCUT2D eigenvalue weighted by atomic mass is 10.1. The van der Waals surface area contributed by atoms with Crippen LogP contribution in [0.4, 0.5) is 0 Å². The van der Waals surface area contributed by atoms with Gasteiger partial charge in [0.05, 0.1) is 10.1 Å². The summed E-state index contributed by atoms with van der Waals surface area (Å²) in [7, 11) is -3.15. The molecule has 0 bridgehead atoms. The van der Waals surface area contributed by atoms with Crippen LogP contribution in [-0.4, -0.2) is 51.3 Å². The smallest absolute Gasteiger partial charge is 0.180 e. The van der Waals surface area contributed by atoms with Crippen LogP contribution in [0.25, 0.3) is 0 Å². The quantitative estimate of drug-likeness (QED) is 0.870. The van der Waals surface area contributed by atoms with Crippen molar-refractivity contribution in [3.63, 3.8) is 0 Å². The Balaban J connectivity index is 1.84. The Labute approximate surface area is 134 Å². The Hall–Kier alpha value is -0.910. The SMILES string of the molecule is CC(C)S(=O)(=O)c1ccc(CCCN2CCCNCC2)cc1. The van der Waals surface area contributed by atoms with Crippen molar-refractivity contribution in [1.82, 2.24) is 10.2 Å². The predicted octanol–water partition coefficient (Wildman–Crippen LogP) is 2.10. The molecule has 1 aromatic rings. The van der Waals surface area contributed by atoms with E-state index in [0.717, 1.165) is 39.0 Å². The fourth-order valence-electron chi connectivity index (χ4n) is 2.75. The van der Waals surface area contributed by atoms with Crippen molar-refractivity contribution in [3.8, 4) is 0 Å². The van der Waals surface area contributed by atoms with Gasteiger partial charge in [0.1, 0.15) is 0 Å². The van der Waals surface area contributed by atoms with E-state index in [2.05, 4.69) is 10.2 Å². The van der Waals surface area contributed by atoms with Gasteiger partial charge in [-0.2, -0.15) is 0 Å². The Morgan fingerprint density at radius 2 is 1.86 bits per heavy atom. The fraction of sp³-hybridized carbons (Fsp3) is 0.647. The van der Waals surface area contributed by atoms with Crippen LogP contribution >= 0.6 is 0 Å². The third-order valence-corrected chi connectivity index (χ3v) is 6.42. The van der Waals surface area contributed by atoms with E-state index in [-0.39, 0.29) is 5.25 Å². The summed E-state index contributed by atoms with van der Waals surface area (Å²) in [6, 6.07) is 7.42. The van der Waals surface area contributed by atoms with Gasteiger partial charge in [-0.1, -0.05) is 12.1 Å². The predicted molar refractivity (Wildman–Crippen MR) is 91.0 cm³/mol. The van der Waals surface area contributed by atoms with Crippen LogP contribution in [0, 0.1) is 0 Å². The highest BCUT2D eigenvalue weighted by atomic mass is 32.2. The van der Waals surface area contributed by atoms with E-state index in [1.54, 1.807) is 26.0 Å². The maximum atomic E-state index is 12.1. The molecular weight excluding hydrogens is 296 g/mol. The molecule has 0 atom stereocenters. The fourth-order valence-corrected chi connectivity index (χ4v) is 3.81. The molecule has 2 rings (SSSR count). The first-order valence-corrected chi connectivity index (χ1v) is 9.80. The summed E-state index contributed by atoms with van der Waals surface area (Å²) in [6.07, 6.45) is 3.35. The standard InChI is InChI=1S/C17H28N2O2S/c1-15(2)22(20,21)17-8-6-16(7-9-17)5-3-12-19-13-4-10-18-11-14-19/h6-9,15,18H,3-5,10-14H2,1-2H3. The van der Waals surface area contributed by atoms with Crippen LogP contribution in [0.3, 0.4) is 0 Å². The van der Waals surface area contributed by atoms with Crippen LogP contribution in [0.5, 0.6) is 0 Å². The number of rotatable bonds is 6. The second-order valence-electron chi connectivity index (χ2n) is 6.29. The molecule has 1 aliphatic heterocycles. The minimum atomic E-state index is -3.15. The molecule has 4 nitrogen and oxygen atoms in total. The number of aryl methyl sites for hydroxylation is 1. The number of hydrogen-bond donors (Lipinski definition) is 1. The molecule has 1 fully saturated rings. The molecule has 1 heterocycles. The second kappa shape index (κ2) is 8.09. The summed E-state index contributed by atoms with van der Waals surface area (Å²) in [5, 5.41) is 3.05. The topological polar surface area (TPSA) is 49.4 Å². The Morgan fingerprint density at radius 3 is 2.55 bits per heavy atom. The Morgan fingerprint density at radius 1 is 1.14 bits per heavy atom. The van der Waals surface area contributed by atoms with Gasteiger partial charge in [-0.25, -0.2) is 8.42 Å². The summed E-state index contributed by atoms with van der Waals surface area (Å²) in [6.45, 7) is 9.08. The van der Waals surface area contributed by atoms with E-state index in [1.807, 2.05) is 12.1 Å². The number of sulfone groups is 1. The lowest BCUT2D eigenvalue weighted by Gasteiger charge is -2.19. The maximum Gasteiger partial charge on any atom is 0.180 e. The third kappa shape index (κ3) is 4.80. The minimum Gasteiger partial charge on any atom is -0.315 e. The van der Waals surface area contributed by atoms with Crippen LogP contribution in [0.2, 0.25) is 0 Å². The number of nitrogens with zero attached hydrogens (tertiary/aromatic N) is 1. The van der Waals surface area contributed by atoms with Crippen LogP contribution in [0.1, 0.15) is 32.3 Å². The average Bonchev–Trinajstić information content (AvgIpc) is 2.76. The third-order valence-electron chi connectivity index (χ3n) is 4.24. The van der Waals surface area contributed by atoms with Crippen molar-refractivity contribution in [1.29, 1.82) is 0 Å². The first-order chi connectivity index (χ1) is 10.5. The molecule has 0 aliphatic carbocycles. The Bertz CT molecular complexity index is 545. The van der Waals surface area contributed by atoms with Crippen molar-refractivity contribution in [3.05, 3.63) is 29.8 Å². The van der Waals surface area contributed by atoms with E-state index >= 15 is 0 Å². The van der Waals surface area contributed by atoms with Crippen molar-refractivity contribution >= 4 is 9.84 Å². The van der Waals surface area contributed by atoms with Gasteiger partial charge >= 0.3 is 0 Å². The van der Waals surface area contributed by atoms with Gasteiger partial charge in [-0.05, 0) is 70.4 Å². The summed E-state index contributed by atoms with van der Waals surface area (Å²) < 4.78 is 24.2. The highest BCUT2D eigenvalue weighted by molar-refractivity contribution is 7.92. The van der Waals surface area contributed by atoms with Gasteiger partial charge in [-0.3, -0.25) is 0 Å². The van der Waals surface area contributed by atoms with Crippen molar-refractivity contribution in [2.75, 3.05) is 32.7 Å². The zero-order chi connectivity index (χ0) is 16.0. The van der Waals surface area contributed by atoms with Crippen molar-refractivity contribution < 1.29 is 8.42 Å². The monoisotopic (exact) mass is 324 g/mol. The molecule has 0 saturated carbocycles. The van der Waals surface area contributed by atoms with E-state index < -0.39 is 9.84 Å². The van der Waals surface area contributed by atoms with Gasteiger partial charge in [0, 0.05) is 13.1 Å². The first kappa shape index (κ1) is 17.4. The summed E-state index contributed by atoms with van der Waals surface area (Å²) in [5.74, 6) is 0. The zero-order valence-corrected chi connectivity index (χ0v) is 14.5. The van der Waals surface area contributed by atoms with Crippen molar-refractivity contribution in [2.45, 2.75) is 43.3 Å². The second-order valence-corrected chi connectivity index (χ2v) is 8.79. The first-order valence-electron chi connectivity index (χ1n) is 8.26. The van der Waals surface area contributed by atoms with Gasteiger partial charge < -0.3 is 10.2 Å². The van der Waals surface area contributed by atoms with Crippen LogP contribution in [0.15, 0.2) is 29.2 Å². The van der Waals surface area contributed by atoms with Crippen LogP contribution < -0.4 is 5.32 Å². The van der Waals surface area contributed by atoms with E-state index in [0.29, 0.717) is 4.90 Å². The number of hydrogen-bond acceptors (Lipinski definition) is 4. The Kier molecular flexibility index (Phi) is 6.41. The lowest BCUT2D eigenvalue weighted by molar-refractivity contribution is 0.289. The zero-order valence-electron chi connectivity index (χ0n) is 13.7. The maximum absolute atomic E-state index is 12.1. The van der Waals surface area contributed by atoms with Gasteiger partial charge in [-0.15, -0.1) is 0 Å². The summed E-state index contributed by atoms with van der Waals surface area (Å²) in [5.41, 5.74) is 1.22. The van der Waals surface area contributed by atoms with Gasteiger partial charge in [0.2, 0.25) is 0 Å². The molecule has 0 aromatic heterocycles. The highest BCUT2D eigenvalue weighted by Crippen LogP contribution is 2.17.